The summed E-state index contributed by atoms with van der Waals surface area (Å²) in [6.07, 6.45) is -0.412. The van der Waals surface area contributed by atoms with Crippen molar-refractivity contribution in [3.05, 3.63) is 43.2 Å². The predicted octanol–water partition coefficient (Wildman–Crippen LogP) is 3.40. The van der Waals surface area contributed by atoms with E-state index in [1.807, 2.05) is 22.9 Å². The molecule has 2 nitrogen and oxygen atoms in total. The molecule has 0 saturated heterocycles. The second-order valence-electron chi connectivity index (χ2n) is 3.40. The van der Waals surface area contributed by atoms with Crippen molar-refractivity contribution >= 4 is 38.6 Å². The van der Waals surface area contributed by atoms with E-state index in [2.05, 4.69) is 26.6 Å². The van der Waals surface area contributed by atoms with Crippen LogP contribution in [0.5, 0.6) is 0 Å². The summed E-state index contributed by atoms with van der Waals surface area (Å²) in [4.78, 5) is 1.26. The van der Waals surface area contributed by atoms with Gasteiger partial charge >= 0.3 is 0 Å². The summed E-state index contributed by atoms with van der Waals surface area (Å²) in [6.45, 7) is 1.38. The van der Waals surface area contributed by atoms with E-state index in [0.29, 0.717) is 6.54 Å². The van der Waals surface area contributed by atoms with Gasteiger partial charge in [-0.25, -0.2) is 0 Å². The van der Waals surface area contributed by atoms with Crippen molar-refractivity contribution in [1.82, 2.24) is 5.32 Å². The monoisotopic (exact) mass is 317 g/mol. The SMILES string of the molecule is OC(CNCc1sccc1Br)c1ccsc1. The second-order valence-corrected chi connectivity index (χ2v) is 6.03. The van der Waals surface area contributed by atoms with Gasteiger partial charge in [0.2, 0.25) is 0 Å². The minimum Gasteiger partial charge on any atom is -0.387 e. The average Bonchev–Trinajstić information content (AvgIpc) is 2.90. The number of thiophene rings is 2. The molecule has 2 rings (SSSR count). The third-order valence-electron chi connectivity index (χ3n) is 2.24. The highest BCUT2D eigenvalue weighted by molar-refractivity contribution is 9.10. The lowest BCUT2D eigenvalue weighted by atomic mass is 10.2. The van der Waals surface area contributed by atoms with Gasteiger partial charge in [0, 0.05) is 22.4 Å². The standard InChI is InChI=1S/C11H12BrNOS2/c12-9-2-4-16-11(9)6-13-5-10(14)8-1-3-15-7-8/h1-4,7,10,13-14H,5-6H2. The number of aliphatic hydroxyl groups is 1. The van der Waals surface area contributed by atoms with Gasteiger partial charge in [-0.3, -0.25) is 0 Å². The van der Waals surface area contributed by atoms with Crippen LogP contribution in [-0.4, -0.2) is 11.7 Å². The number of hydrogen-bond donors (Lipinski definition) is 2. The maximum absolute atomic E-state index is 9.84. The van der Waals surface area contributed by atoms with E-state index in [1.54, 1.807) is 22.7 Å². The minimum absolute atomic E-state index is 0.412. The largest absolute Gasteiger partial charge is 0.387 e. The highest BCUT2D eigenvalue weighted by Gasteiger charge is 2.07. The first-order valence-corrected chi connectivity index (χ1v) is 7.51. The Bertz CT molecular complexity index is 427. The predicted molar refractivity (Wildman–Crippen MR) is 73.0 cm³/mol. The van der Waals surface area contributed by atoms with Crippen molar-refractivity contribution in [2.75, 3.05) is 6.54 Å². The van der Waals surface area contributed by atoms with Crippen LogP contribution in [0.15, 0.2) is 32.7 Å². The first-order chi connectivity index (χ1) is 7.77. The summed E-state index contributed by atoms with van der Waals surface area (Å²) >= 11 is 6.80. The van der Waals surface area contributed by atoms with Crippen molar-refractivity contribution in [3.8, 4) is 0 Å². The van der Waals surface area contributed by atoms with Crippen LogP contribution in [0.25, 0.3) is 0 Å². The van der Waals surface area contributed by atoms with Gasteiger partial charge in [0.05, 0.1) is 6.10 Å². The fourth-order valence-electron chi connectivity index (χ4n) is 1.36. The molecule has 0 aliphatic heterocycles. The Kier molecular flexibility index (Phi) is 4.55. The van der Waals surface area contributed by atoms with Crippen molar-refractivity contribution in [3.63, 3.8) is 0 Å². The molecule has 0 spiro atoms. The van der Waals surface area contributed by atoms with E-state index in [9.17, 15) is 5.11 Å². The highest BCUT2D eigenvalue weighted by Crippen LogP contribution is 2.22. The molecular formula is C11H12BrNOS2. The highest BCUT2D eigenvalue weighted by atomic mass is 79.9. The van der Waals surface area contributed by atoms with E-state index in [1.165, 1.54) is 4.88 Å². The van der Waals surface area contributed by atoms with Gasteiger partial charge in [0.25, 0.3) is 0 Å². The molecule has 2 aromatic heterocycles. The molecule has 0 bridgehead atoms. The number of aliphatic hydroxyl groups excluding tert-OH is 1. The van der Waals surface area contributed by atoms with Crippen molar-refractivity contribution in [2.45, 2.75) is 12.6 Å². The zero-order valence-corrected chi connectivity index (χ0v) is 11.7. The molecule has 5 heteroatoms. The molecule has 1 atom stereocenters. The Morgan fingerprint density at radius 3 is 2.88 bits per heavy atom. The van der Waals surface area contributed by atoms with Crippen LogP contribution in [0.4, 0.5) is 0 Å². The maximum Gasteiger partial charge on any atom is 0.0922 e. The van der Waals surface area contributed by atoms with Gasteiger partial charge in [-0.15, -0.1) is 11.3 Å². The molecule has 0 amide bonds. The average molecular weight is 318 g/mol. The second kappa shape index (κ2) is 5.93. The third kappa shape index (κ3) is 3.15. The van der Waals surface area contributed by atoms with E-state index in [-0.39, 0.29) is 0 Å². The molecular weight excluding hydrogens is 306 g/mol. The fourth-order valence-corrected chi connectivity index (χ4v) is 3.53. The Hall–Kier alpha value is -0.200. The summed E-state index contributed by atoms with van der Waals surface area (Å²) in [6, 6.07) is 4.00. The molecule has 1 unspecified atom stereocenters. The van der Waals surface area contributed by atoms with Gasteiger partial charge in [0.1, 0.15) is 0 Å². The lowest BCUT2D eigenvalue weighted by molar-refractivity contribution is 0.175. The molecule has 2 aromatic rings. The number of nitrogens with one attached hydrogen (secondary N) is 1. The normalized spacial score (nSPS) is 12.9. The Labute approximate surface area is 111 Å². The summed E-state index contributed by atoms with van der Waals surface area (Å²) in [7, 11) is 0. The van der Waals surface area contributed by atoms with Crippen molar-refractivity contribution < 1.29 is 5.11 Å². The van der Waals surface area contributed by atoms with Gasteiger partial charge in [-0.1, -0.05) is 0 Å². The van der Waals surface area contributed by atoms with Crippen LogP contribution < -0.4 is 5.32 Å². The number of hydrogen-bond acceptors (Lipinski definition) is 4. The van der Waals surface area contributed by atoms with E-state index in [4.69, 9.17) is 0 Å². The maximum atomic E-state index is 9.84. The lowest BCUT2D eigenvalue weighted by Crippen LogP contribution is -2.20. The smallest absolute Gasteiger partial charge is 0.0922 e. The molecule has 2 N–H and O–H groups in total. The minimum atomic E-state index is -0.412. The Morgan fingerprint density at radius 2 is 2.25 bits per heavy atom. The molecule has 0 aromatic carbocycles. The van der Waals surface area contributed by atoms with Gasteiger partial charge < -0.3 is 10.4 Å². The summed E-state index contributed by atoms with van der Waals surface area (Å²) in [5.41, 5.74) is 0.989. The quantitative estimate of drug-likeness (QED) is 0.886. The molecule has 0 fully saturated rings. The number of rotatable bonds is 5. The third-order valence-corrected chi connectivity index (χ3v) is 4.87. The Balaban J connectivity index is 1.78. The van der Waals surface area contributed by atoms with Gasteiger partial charge in [0.15, 0.2) is 0 Å². The molecule has 2 heterocycles. The van der Waals surface area contributed by atoms with Crippen LogP contribution in [0.2, 0.25) is 0 Å². The number of halogens is 1. The van der Waals surface area contributed by atoms with E-state index >= 15 is 0 Å². The van der Waals surface area contributed by atoms with Gasteiger partial charge in [-0.05, 0) is 49.8 Å². The fraction of sp³-hybridized carbons (Fsp3) is 0.273. The Morgan fingerprint density at radius 1 is 1.38 bits per heavy atom. The summed E-state index contributed by atoms with van der Waals surface area (Å²) in [5, 5.41) is 19.1. The molecule has 0 aliphatic rings. The first kappa shape index (κ1) is 12.3. The molecule has 0 aliphatic carbocycles. The zero-order chi connectivity index (χ0) is 11.4. The molecule has 0 saturated carbocycles. The topological polar surface area (TPSA) is 32.3 Å². The van der Waals surface area contributed by atoms with Crippen molar-refractivity contribution in [2.24, 2.45) is 0 Å². The van der Waals surface area contributed by atoms with Crippen LogP contribution >= 0.6 is 38.6 Å². The van der Waals surface area contributed by atoms with E-state index < -0.39 is 6.10 Å². The van der Waals surface area contributed by atoms with Crippen molar-refractivity contribution in [1.29, 1.82) is 0 Å². The van der Waals surface area contributed by atoms with E-state index in [0.717, 1.165) is 16.6 Å². The van der Waals surface area contributed by atoms with Crippen LogP contribution in [0, 0.1) is 0 Å². The zero-order valence-electron chi connectivity index (χ0n) is 8.52. The van der Waals surface area contributed by atoms with Crippen LogP contribution in [0.3, 0.4) is 0 Å². The molecule has 86 valence electrons. The summed E-state index contributed by atoms with van der Waals surface area (Å²) in [5.74, 6) is 0. The molecule has 0 radical (unpaired) electrons. The van der Waals surface area contributed by atoms with Crippen LogP contribution in [-0.2, 0) is 6.54 Å². The first-order valence-electron chi connectivity index (χ1n) is 4.90. The van der Waals surface area contributed by atoms with Gasteiger partial charge in [-0.2, -0.15) is 11.3 Å². The van der Waals surface area contributed by atoms with Crippen LogP contribution in [0.1, 0.15) is 16.5 Å². The summed E-state index contributed by atoms with van der Waals surface area (Å²) < 4.78 is 1.13. The lowest BCUT2D eigenvalue weighted by Gasteiger charge is -2.09. The molecule has 16 heavy (non-hydrogen) atoms.